The number of nitriles is 1. The summed E-state index contributed by atoms with van der Waals surface area (Å²) in [6.45, 7) is 7.10. The number of hydrogen-bond acceptors (Lipinski definition) is 4. The normalized spacial score (nSPS) is 22.4. The molecule has 180 valence electrons. The first-order chi connectivity index (χ1) is 16.2. The first-order valence-corrected chi connectivity index (χ1v) is 11.5. The zero-order valence-corrected chi connectivity index (χ0v) is 19.4. The fourth-order valence-corrected chi connectivity index (χ4v) is 5.26. The number of anilines is 1. The molecule has 0 radical (unpaired) electrons. The Kier molecular flexibility index (Phi) is 6.59. The minimum Gasteiger partial charge on any atom is -0.381 e. The van der Waals surface area contributed by atoms with Gasteiger partial charge in [-0.05, 0) is 50.1 Å². The van der Waals surface area contributed by atoms with Crippen LogP contribution in [0.1, 0.15) is 40.4 Å². The molecule has 0 N–H and O–H groups in total. The quantitative estimate of drug-likeness (QED) is 0.623. The summed E-state index contributed by atoms with van der Waals surface area (Å²) in [6.07, 6.45) is -3.89. The van der Waals surface area contributed by atoms with Gasteiger partial charge in [-0.1, -0.05) is 18.2 Å². The van der Waals surface area contributed by atoms with Gasteiger partial charge in [0, 0.05) is 55.4 Å². The number of likely N-dealkylation sites (tertiary alicyclic amines) is 1. The van der Waals surface area contributed by atoms with Gasteiger partial charge in [0.05, 0.1) is 23.8 Å². The first kappa shape index (κ1) is 24.1. The molecule has 34 heavy (non-hydrogen) atoms. The summed E-state index contributed by atoms with van der Waals surface area (Å²) < 4.78 is 46.3. The van der Waals surface area contributed by atoms with E-state index in [9.17, 15) is 18.0 Å². The minimum absolute atomic E-state index is 0.0207. The van der Waals surface area contributed by atoms with E-state index in [0.29, 0.717) is 57.1 Å². The van der Waals surface area contributed by atoms with Crippen LogP contribution in [0.25, 0.3) is 0 Å². The Morgan fingerprint density at radius 3 is 2.68 bits per heavy atom. The van der Waals surface area contributed by atoms with Crippen molar-refractivity contribution < 1.29 is 22.7 Å². The largest absolute Gasteiger partial charge is 0.417 e. The Labute approximate surface area is 197 Å². The maximum absolute atomic E-state index is 13.5. The summed E-state index contributed by atoms with van der Waals surface area (Å²) in [5.74, 6) is 0.0402. The van der Waals surface area contributed by atoms with Crippen LogP contribution in [0.2, 0.25) is 0 Å². The van der Waals surface area contributed by atoms with Crippen molar-refractivity contribution in [1.82, 2.24) is 4.90 Å². The lowest BCUT2D eigenvalue weighted by atomic mass is 9.73. The van der Waals surface area contributed by atoms with Crippen LogP contribution in [0.15, 0.2) is 42.5 Å². The summed E-state index contributed by atoms with van der Waals surface area (Å²) in [5, 5.41) is 9.10. The summed E-state index contributed by atoms with van der Waals surface area (Å²) in [7, 11) is 0. The number of aryl methyl sites for hydroxylation is 1. The van der Waals surface area contributed by atoms with Gasteiger partial charge in [0.25, 0.3) is 5.91 Å². The van der Waals surface area contributed by atoms with E-state index in [0.717, 1.165) is 11.6 Å². The van der Waals surface area contributed by atoms with Crippen LogP contribution in [0.3, 0.4) is 0 Å². The number of nitrogens with zero attached hydrogens (tertiary/aromatic N) is 3. The van der Waals surface area contributed by atoms with Crippen molar-refractivity contribution in [2.45, 2.75) is 26.4 Å². The number of ether oxygens (including phenoxy) is 1. The molecule has 2 aliphatic rings. The highest BCUT2D eigenvalue weighted by molar-refractivity contribution is 5.95. The van der Waals surface area contributed by atoms with Gasteiger partial charge in [-0.3, -0.25) is 4.79 Å². The fraction of sp³-hybridized carbons (Fsp3) is 0.462. The molecule has 2 atom stereocenters. The van der Waals surface area contributed by atoms with E-state index in [2.05, 4.69) is 0 Å². The van der Waals surface area contributed by atoms with E-state index in [1.165, 1.54) is 6.07 Å². The van der Waals surface area contributed by atoms with E-state index in [4.69, 9.17) is 10.00 Å². The summed E-state index contributed by atoms with van der Waals surface area (Å²) in [6, 6.07) is 13.0. The van der Waals surface area contributed by atoms with Crippen molar-refractivity contribution in [3.63, 3.8) is 0 Å². The molecular formula is C26H28F3N3O2. The van der Waals surface area contributed by atoms with E-state index < -0.39 is 11.7 Å². The molecule has 0 aliphatic carbocycles. The number of hydrogen-bond donors (Lipinski definition) is 0. The second-order valence-electron chi connectivity index (χ2n) is 9.23. The van der Waals surface area contributed by atoms with Crippen LogP contribution in [0.4, 0.5) is 18.9 Å². The zero-order chi connectivity index (χ0) is 24.5. The highest BCUT2D eigenvalue weighted by Gasteiger charge is 2.51. The molecule has 8 heteroatoms. The van der Waals surface area contributed by atoms with Crippen molar-refractivity contribution in [2.75, 3.05) is 44.3 Å². The number of amides is 1. The molecule has 0 saturated carbocycles. The molecule has 2 saturated heterocycles. The molecule has 0 unspecified atom stereocenters. The van der Waals surface area contributed by atoms with Crippen molar-refractivity contribution in [1.29, 1.82) is 5.26 Å². The van der Waals surface area contributed by atoms with Crippen molar-refractivity contribution in [3.05, 3.63) is 64.7 Å². The van der Waals surface area contributed by atoms with Crippen LogP contribution >= 0.6 is 0 Å². The van der Waals surface area contributed by atoms with Gasteiger partial charge in [0.2, 0.25) is 0 Å². The van der Waals surface area contributed by atoms with Gasteiger partial charge in [-0.25, -0.2) is 0 Å². The summed E-state index contributed by atoms with van der Waals surface area (Å²) in [5.41, 5.74) is 0.507. The standard InChI is InChI=1S/C26H28F3N3O2/c1-3-34-17-25-10-11-31(21-9-8-19(13-30)23(12-21)26(27,28)29)14-20(25)15-32(16-25)24(33)22-7-5-4-6-18(22)2/h4-9,12,20H,3,10-11,14-17H2,1-2H3/t20-,25+/m1/s1. The molecule has 2 aliphatic heterocycles. The Balaban J connectivity index is 1.60. The molecule has 0 spiro atoms. The van der Waals surface area contributed by atoms with Gasteiger partial charge in [-0.15, -0.1) is 0 Å². The maximum Gasteiger partial charge on any atom is 0.417 e. The topological polar surface area (TPSA) is 56.6 Å². The number of fused-ring (bicyclic) bond motifs is 1. The second-order valence-corrected chi connectivity index (χ2v) is 9.23. The van der Waals surface area contributed by atoms with E-state index in [1.54, 1.807) is 12.1 Å². The van der Waals surface area contributed by atoms with Crippen LogP contribution in [0, 0.1) is 29.6 Å². The minimum atomic E-state index is -4.60. The predicted octanol–water partition coefficient (Wildman–Crippen LogP) is 4.89. The average molecular weight is 472 g/mol. The van der Waals surface area contributed by atoms with Crippen LogP contribution in [-0.2, 0) is 10.9 Å². The fourth-order valence-electron chi connectivity index (χ4n) is 5.26. The van der Waals surface area contributed by atoms with Gasteiger partial charge in [0.15, 0.2) is 0 Å². The Hall–Kier alpha value is -3.05. The maximum atomic E-state index is 13.5. The predicted molar refractivity (Wildman–Crippen MR) is 122 cm³/mol. The number of carbonyl (C=O) groups is 1. The Morgan fingerprint density at radius 2 is 2.00 bits per heavy atom. The lowest BCUT2D eigenvalue weighted by molar-refractivity contribution is -0.137. The van der Waals surface area contributed by atoms with Gasteiger partial charge in [0.1, 0.15) is 0 Å². The summed E-state index contributed by atoms with van der Waals surface area (Å²) in [4.78, 5) is 17.1. The molecule has 4 rings (SSSR count). The third kappa shape index (κ3) is 4.49. The number of alkyl halides is 3. The lowest BCUT2D eigenvalue weighted by Gasteiger charge is -2.44. The highest BCUT2D eigenvalue weighted by Crippen LogP contribution is 2.45. The first-order valence-electron chi connectivity index (χ1n) is 11.5. The van der Waals surface area contributed by atoms with Crippen molar-refractivity contribution in [2.24, 2.45) is 11.3 Å². The number of piperidine rings is 1. The van der Waals surface area contributed by atoms with E-state index in [1.807, 2.05) is 47.9 Å². The van der Waals surface area contributed by atoms with E-state index >= 15 is 0 Å². The third-order valence-corrected chi connectivity index (χ3v) is 7.18. The van der Waals surface area contributed by atoms with Crippen LogP contribution in [-0.4, -0.2) is 50.2 Å². The molecule has 2 heterocycles. The molecule has 2 fully saturated rings. The Bertz CT molecular complexity index is 1110. The number of halogens is 3. The zero-order valence-electron chi connectivity index (χ0n) is 19.4. The molecule has 2 aromatic carbocycles. The monoisotopic (exact) mass is 471 g/mol. The molecule has 5 nitrogen and oxygen atoms in total. The second kappa shape index (κ2) is 9.30. The van der Waals surface area contributed by atoms with E-state index in [-0.39, 0.29) is 22.8 Å². The Morgan fingerprint density at radius 1 is 1.24 bits per heavy atom. The molecule has 1 amide bonds. The van der Waals surface area contributed by atoms with Gasteiger partial charge < -0.3 is 14.5 Å². The van der Waals surface area contributed by atoms with Crippen LogP contribution < -0.4 is 4.90 Å². The highest BCUT2D eigenvalue weighted by atomic mass is 19.4. The van der Waals surface area contributed by atoms with Crippen molar-refractivity contribution in [3.8, 4) is 6.07 Å². The smallest absolute Gasteiger partial charge is 0.381 e. The van der Waals surface area contributed by atoms with Crippen molar-refractivity contribution >= 4 is 11.6 Å². The van der Waals surface area contributed by atoms with Gasteiger partial charge in [-0.2, -0.15) is 18.4 Å². The average Bonchev–Trinajstić information content (AvgIpc) is 3.20. The molecule has 0 bridgehead atoms. The third-order valence-electron chi connectivity index (χ3n) is 7.18. The van der Waals surface area contributed by atoms with Crippen LogP contribution in [0.5, 0.6) is 0 Å². The van der Waals surface area contributed by atoms with Gasteiger partial charge >= 0.3 is 6.18 Å². The lowest BCUT2D eigenvalue weighted by Crippen LogP contribution is -2.49. The number of benzene rings is 2. The summed E-state index contributed by atoms with van der Waals surface area (Å²) >= 11 is 0. The molecular weight excluding hydrogens is 443 g/mol. The molecule has 2 aromatic rings. The molecule has 0 aromatic heterocycles. The SMILES string of the molecule is CCOC[C@@]12CCN(c3ccc(C#N)c(C(F)(F)F)c3)C[C@@H]1CN(C(=O)c1ccccc1C)C2. The number of carbonyl (C=O) groups excluding carboxylic acids is 1. The number of rotatable bonds is 5.